The molecule has 1 N–H and O–H groups in total. The summed E-state index contributed by atoms with van der Waals surface area (Å²) in [5, 5.41) is 20.1. The summed E-state index contributed by atoms with van der Waals surface area (Å²) in [5.41, 5.74) is 3.59. The number of benzene rings is 2. The maximum atomic E-state index is 12.5. The van der Waals surface area contributed by atoms with Crippen LogP contribution < -0.4 is 5.32 Å². The number of fused-ring (bicyclic) bond motifs is 2. The van der Waals surface area contributed by atoms with Crippen LogP contribution in [-0.2, 0) is 25.9 Å². The fourth-order valence-electron chi connectivity index (χ4n) is 4.09. The summed E-state index contributed by atoms with van der Waals surface area (Å²) in [7, 11) is 0. The van der Waals surface area contributed by atoms with Gasteiger partial charge in [0.15, 0.2) is 0 Å². The number of aryl methyl sites for hydroxylation is 1. The van der Waals surface area contributed by atoms with Crippen molar-refractivity contribution in [1.82, 2.24) is 35.1 Å². The average Bonchev–Trinajstić information content (AvgIpc) is 3.30. The largest absolute Gasteiger partial charge is 0.352 e. The highest BCUT2D eigenvalue weighted by molar-refractivity contribution is 5.94. The van der Waals surface area contributed by atoms with Crippen molar-refractivity contribution in [3.8, 4) is 0 Å². The van der Waals surface area contributed by atoms with E-state index in [0.29, 0.717) is 25.1 Å². The van der Waals surface area contributed by atoms with Crippen molar-refractivity contribution < 1.29 is 4.79 Å². The first-order valence-electron chi connectivity index (χ1n) is 10.8. The molecule has 0 spiro atoms. The van der Waals surface area contributed by atoms with Gasteiger partial charge in [0.05, 0.1) is 12.1 Å². The van der Waals surface area contributed by atoms with E-state index in [0.717, 1.165) is 41.2 Å². The number of aromatic nitrogens is 6. The summed E-state index contributed by atoms with van der Waals surface area (Å²) in [6, 6.07) is 15.5. The van der Waals surface area contributed by atoms with E-state index in [1.807, 2.05) is 53.2 Å². The second-order valence-corrected chi connectivity index (χ2v) is 7.93. The van der Waals surface area contributed by atoms with Crippen LogP contribution in [0.2, 0.25) is 0 Å². The minimum atomic E-state index is -0.0756. The van der Waals surface area contributed by atoms with Gasteiger partial charge in [-0.05, 0) is 42.7 Å². The van der Waals surface area contributed by atoms with Crippen LogP contribution in [0.4, 0.5) is 0 Å². The molecule has 0 radical (unpaired) electrons. The van der Waals surface area contributed by atoms with Crippen molar-refractivity contribution in [3.63, 3.8) is 0 Å². The third kappa shape index (κ3) is 4.19. The number of amides is 1. The molecule has 1 aliphatic heterocycles. The SMILES string of the molecule is O=C(NCCc1nnc2n1CCCCC2)c1ccc(Cn2nnc3ccccc32)cc1. The van der Waals surface area contributed by atoms with E-state index in [1.165, 1.54) is 19.3 Å². The third-order valence-electron chi connectivity index (χ3n) is 5.79. The molecule has 2 aromatic carbocycles. The molecule has 4 aromatic rings. The first kappa shape index (κ1) is 19.4. The van der Waals surface area contributed by atoms with Crippen LogP contribution in [0.15, 0.2) is 48.5 Å². The quantitative estimate of drug-likeness (QED) is 0.523. The molecule has 0 saturated carbocycles. The van der Waals surface area contributed by atoms with Gasteiger partial charge in [0.1, 0.15) is 17.2 Å². The molecular formula is C23H25N7O. The summed E-state index contributed by atoms with van der Waals surface area (Å²) < 4.78 is 4.09. The Morgan fingerprint density at radius 2 is 1.84 bits per heavy atom. The van der Waals surface area contributed by atoms with Crippen molar-refractivity contribution in [2.24, 2.45) is 0 Å². The molecule has 158 valence electrons. The Morgan fingerprint density at radius 3 is 2.74 bits per heavy atom. The first-order valence-corrected chi connectivity index (χ1v) is 10.8. The van der Waals surface area contributed by atoms with Gasteiger partial charge in [-0.15, -0.1) is 15.3 Å². The molecule has 0 aliphatic carbocycles. The van der Waals surface area contributed by atoms with E-state index in [9.17, 15) is 4.79 Å². The van der Waals surface area contributed by atoms with Gasteiger partial charge in [0.2, 0.25) is 0 Å². The maximum absolute atomic E-state index is 12.5. The lowest BCUT2D eigenvalue weighted by Gasteiger charge is -2.09. The van der Waals surface area contributed by atoms with E-state index >= 15 is 0 Å². The maximum Gasteiger partial charge on any atom is 0.251 e. The van der Waals surface area contributed by atoms with Gasteiger partial charge in [-0.3, -0.25) is 4.79 Å². The molecule has 3 heterocycles. The van der Waals surface area contributed by atoms with Crippen molar-refractivity contribution in [3.05, 3.63) is 71.3 Å². The van der Waals surface area contributed by atoms with Crippen molar-refractivity contribution in [1.29, 1.82) is 0 Å². The van der Waals surface area contributed by atoms with Gasteiger partial charge >= 0.3 is 0 Å². The molecule has 0 bridgehead atoms. The monoisotopic (exact) mass is 415 g/mol. The zero-order chi connectivity index (χ0) is 21.0. The highest BCUT2D eigenvalue weighted by Crippen LogP contribution is 2.15. The number of nitrogens with zero attached hydrogens (tertiary/aromatic N) is 6. The van der Waals surface area contributed by atoms with Gasteiger partial charge in [-0.1, -0.05) is 35.9 Å². The number of rotatable bonds is 6. The van der Waals surface area contributed by atoms with Crippen LogP contribution in [0.25, 0.3) is 11.0 Å². The standard InChI is InChI=1S/C23H25N7O/c31-23(24-14-13-22-27-26-21-8-2-1-5-15-29(21)22)18-11-9-17(10-12-18)16-30-20-7-4-3-6-19(20)25-28-30/h3-4,6-7,9-12H,1-2,5,8,13-16H2,(H,24,31). The van der Waals surface area contributed by atoms with Crippen LogP contribution in [0, 0.1) is 0 Å². The Balaban J connectivity index is 1.17. The number of carbonyl (C=O) groups excluding carboxylic acids is 1. The number of para-hydroxylation sites is 1. The van der Waals surface area contributed by atoms with Gasteiger partial charge in [-0.2, -0.15) is 0 Å². The van der Waals surface area contributed by atoms with Crippen molar-refractivity contribution in [2.75, 3.05) is 6.54 Å². The molecule has 5 rings (SSSR count). The summed E-state index contributed by atoms with van der Waals surface area (Å²) in [4.78, 5) is 12.5. The molecule has 0 unspecified atom stereocenters. The zero-order valence-electron chi connectivity index (χ0n) is 17.4. The van der Waals surface area contributed by atoms with E-state index in [4.69, 9.17) is 0 Å². The van der Waals surface area contributed by atoms with Gasteiger partial charge in [0.25, 0.3) is 5.91 Å². The Kier molecular flexibility index (Phi) is 5.43. The van der Waals surface area contributed by atoms with E-state index in [2.05, 4.69) is 30.4 Å². The summed E-state index contributed by atoms with van der Waals surface area (Å²) >= 11 is 0. The summed E-state index contributed by atoms with van der Waals surface area (Å²) in [6.45, 7) is 2.14. The topological polar surface area (TPSA) is 90.5 Å². The van der Waals surface area contributed by atoms with Crippen molar-refractivity contribution >= 4 is 16.9 Å². The summed E-state index contributed by atoms with van der Waals surface area (Å²) in [5.74, 6) is 1.97. The fourth-order valence-corrected chi connectivity index (χ4v) is 4.09. The predicted molar refractivity (Wildman–Crippen MR) is 117 cm³/mol. The molecule has 2 aromatic heterocycles. The molecule has 0 atom stereocenters. The van der Waals surface area contributed by atoms with E-state index in [-0.39, 0.29) is 5.91 Å². The molecule has 8 nitrogen and oxygen atoms in total. The normalized spacial score (nSPS) is 13.7. The van der Waals surface area contributed by atoms with Crippen LogP contribution in [-0.4, -0.2) is 42.2 Å². The molecule has 1 aliphatic rings. The molecule has 31 heavy (non-hydrogen) atoms. The zero-order valence-corrected chi connectivity index (χ0v) is 17.4. The summed E-state index contributed by atoms with van der Waals surface area (Å²) in [6.07, 6.45) is 5.27. The molecule has 8 heteroatoms. The molecule has 0 fully saturated rings. The van der Waals surface area contributed by atoms with Crippen LogP contribution in [0.5, 0.6) is 0 Å². The molecule has 1 amide bonds. The lowest BCUT2D eigenvalue weighted by molar-refractivity contribution is 0.0954. The van der Waals surface area contributed by atoms with Gasteiger partial charge < -0.3 is 9.88 Å². The Labute approximate surface area is 180 Å². The second kappa shape index (κ2) is 8.67. The second-order valence-electron chi connectivity index (χ2n) is 7.93. The smallest absolute Gasteiger partial charge is 0.251 e. The third-order valence-corrected chi connectivity index (χ3v) is 5.79. The number of carbonyl (C=O) groups is 1. The minimum absolute atomic E-state index is 0.0756. The number of hydrogen-bond donors (Lipinski definition) is 1. The van der Waals surface area contributed by atoms with E-state index in [1.54, 1.807) is 0 Å². The number of hydrogen-bond acceptors (Lipinski definition) is 5. The van der Waals surface area contributed by atoms with Crippen LogP contribution >= 0.6 is 0 Å². The average molecular weight is 416 g/mol. The Hall–Kier alpha value is -3.55. The van der Waals surface area contributed by atoms with Crippen LogP contribution in [0.3, 0.4) is 0 Å². The number of nitrogens with one attached hydrogen (secondary N) is 1. The fraction of sp³-hybridized carbons (Fsp3) is 0.348. The molecule has 0 saturated heterocycles. The van der Waals surface area contributed by atoms with E-state index < -0.39 is 0 Å². The van der Waals surface area contributed by atoms with Crippen LogP contribution in [0.1, 0.15) is 46.8 Å². The minimum Gasteiger partial charge on any atom is -0.352 e. The van der Waals surface area contributed by atoms with Gasteiger partial charge in [-0.25, -0.2) is 4.68 Å². The van der Waals surface area contributed by atoms with Crippen molar-refractivity contribution in [2.45, 2.75) is 45.2 Å². The first-order chi connectivity index (χ1) is 15.3. The Bertz CT molecular complexity index is 1190. The molecular weight excluding hydrogens is 390 g/mol. The highest BCUT2D eigenvalue weighted by atomic mass is 16.1. The predicted octanol–water partition coefficient (Wildman–Crippen LogP) is 2.77. The lowest BCUT2D eigenvalue weighted by Crippen LogP contribution is -2.26. The highest BCUT2D eigenvalue weighted by Gasteiger charge is 2.15. The Morgan fingerprint density at radius 1 is 0.968 bits per heavy atom. The lowest BCUT2D eigenvalue weighted by atomic mass is 10.1. The van der Waals surface area contributed by atoms with Gasteiger partial charge in [0, 0.05) is 31.5 Å².